The Morgan fingerprint density at radius 3 is 2.67 bits per heavy atom. The van der Waals surface area contributed by atoms with Gasteiger partial charge in [0.1, 0.15) is 0 Å². The smallest absolute Gasteiger partial charge is 0.251 e. The number of phenolic OH excluding ortho intramolecular Hbond substituents is 1. The van der Waals surface area contributed by atoms with Gasteiger partial charge < -0.3 is 15.2 Å². The van der Waals surface area contributed by atoms with E-state index >= 15 is 0 Å². The zero-order valence-corrected chi connectivity index (χ0v) is 12.3. The molecule has 0 aliphatic rings. The SMILES string of the molecule is COc1ccc(C(=O)NC(C)C(C)CBr)cc1O. The number of hydrogen-bond acceptors (Lipinski definition) is 3. The fourth-order valence-electron chi connectivity index (χ4n) is 1.40. The Morgan fingerprint density at radius 1 is 1.50 bits per heavy atom. The summed E-state index contributed by atoms with van der Waals surface area (Å²) in [6.07, 6.45) is 0. The molecule has 5 heteroatoms. The van der Waals surface area contributed by atoms with Crippen LogP contribution < -0.4 is 10.1 Å². The second-order valence-corrected chi connectivity index (χ2v) is 4.93. The van der Waals surface area contributed by atoms with Gasteiger partial charge in [-0.15, -0.1) is 0 Å². The van der Waals surface area contributed by atoms with Gasteiger partial charge in [-0.1, -0.05) is 22.9 Å². The van der Waals surface area contributed by atoms with Gasteiger partial charge in [-0.2, -0.15) is 0 Å². The van der Waals surface area contributed by atoms with Crippen molar-refractivity contribution in [1.29, 1.82) is 0 Å². The third-order valence-electron chi connectivity index (χ3n) is 2.90. The molecular formula is C13H18BrNO3. The molecule has 0 radical (unpaired) electrons. The molecule has 0 heterocycles. The molecule has 18 heavy (non-hydrogen) atoms. The maximum absolute atomic E-state index is 11.9. The van der Waals surface area contributed by atoms with Gasteiger partial charge in [0, 0.05) is 16.9 Å². The van der Waals surface area contributed by atoms with Crippen LogP contribution in [0.4, 0.5) is 0 Å². The minimum Gasteiger partial charge on any atom is -0.504 e. The lowest BCUT2D eigenvalue weighted by atomic mass is 10.1. The highest BCUT2D eigenvalue weighted by atomic mass is 79.9. The third-order valence-corrected chi connectivity index (χ3v) is 3.92. The minimum absolute atomic E-state index is 0.0358. The summed E-state index contributed by atoms with van der Waals surface area (Å²) in [7, 11) is 1.47. The number of methoxy groups -OCH3 is 1. The van der Waals surface area contributed by atoms with Gasteiger partial charge in [-0.05, 0) is 31.0 Å². The average Bonchev–Trinajstić information content (AvgIpc) is 2.37. The quantitative estimate of drug-likeness (QED) is 0.821. The standard InChI is InChI=1S/C13H18BrNO3/c1-8(7-14)9(2)15-13(17)10-4-5-12(18-3)11(16)6-10/h4-6,8-9,16H,7H2,1-3H3,(H,15,17). The van der Waals surface area contributed by atoms with Gasteiger partial charge >= 0.3 is 0 Å². The first kappa shape index (κ1) is 14.8. The van der Waals surface area contributed by atoms with E-state index in [1.54, 1.807) is 12.1 Å². The van der Waals surface area contributed by atoms with E-state index in [-0.39, 0.29) is 17.7 Å². The van der Waals surface area contributed by atoms with E-state index in [1.165, 1.54) is 13.2 Å². The molecule has 0 aliphatic heterocycles. The Labute approximate surface area is 115 Å². The molecule has 2 atom stereocenters. The molecular weight excluding hydrogens is 298 g/mol. The molecule has 0 saturated heterocycles. The van der Waals surface area contributed by atoms with Crippen molar-refractivity contribution in [3.63, 3.8) is 0 Å². The number of benzene rings is 1. The van der Waals surface area contributed by atoms with Crippen LogP contribution in [-0.4, -0.2) is 29.5 Å². The van der Waals surface area contributed by atoms with Crippen LogP contribution in [0, 0.1) is 5.92 Å². The highest BCUT2D eigenvalue weighted by Crippen LogP contribution is 2.26. The monoisotopic (exact) mass is 315 g/mol. The van der Waals surface area contributed by atoms with Gasteiger partial charge in [0.2, 0.25) is 0 Å². The van der Waals surface area contributed by atoms with E-state index in [0.717, 1.165) is 5.33 Å². The maximum Gasteiger partial charge on any atom is 0.251 e. The zero-order chi connectivity index (χ0) is 13.7. The summed E-state index contributed by atoms with van der Waals surface area (Å²) < 4.78 is 4.93. The number of amides is 1. The molecule has 1 amide bonds. The Morgan fingerprint density at radius 2 is 2.17 bits per heavy atom. The average molecular weight is 316 g/mol. The van der Waals surface area contributed by atoms with Crippen molar-refractivity contribution in [1.82, 2.24) is 5.32 Å². The Kier molecular flexibility index (Phi) is 5.47. The molecule has 1 rings (SSSR count). The molecule has 0 bridgehead atoms. The summed E-state index contributed by atoms with van der Waals surface area (Å²) in [6.45, 7) is 4.00. The first-order valence-corrected chi connectivity index (χ1v) is 6.85. The fraction of sp³-hybridized carbons (Fsp3) is 0.462. The second-order valence-electron chi connectivity index (χ2n) is 4.28. The lowest BCUT2D eigenvalue weighted by Gasteiger charge is -2.19. The number of ether oxygens (including phenoxy) is 1. The predicted octanol–water partition coefficient (Wildman–Crippen LogP) is 2.55. The van der Waals surface area contributed by atoms with E-state index in [9.17, 15) is 9.90 Å². The van der Waals surface area contributed by atoms with Gasteiger partial charge in [0.05, 0.1) is 7.11 Å². The van der Waals surface area contributed by atoms with Gasteiger partial charge in [-0.25, -0.2) is 0 Å². The van der Waals surface area contributed by atoms with Crippen LogP contribution >= 0.6 is 15.9 Å². The number of phenols is 1. The van der Waals surface area contributed by atoms with Gasteiger partial charge in [0.15, 0.2) is 11.5 Å². The van der Waals surface area contributed by atoms with E-state index in [2.05, 4.69) is 21.2 Å². The first-order chi connectivity index (χ1) is 8.49. The fourth-order valence-corrected chi connectivity index (χ4v) is 1.96. The highest BCUT2D eigenvalue weighted by Gasteiger charge is 2.15. The number of alkyl halides is 1. The molecule has 0 saturated carbocycles. The van der Waals surface area contributed by atoms with Crippen molar-refractivity contribution in [3.05, 3.63) is 23.8 Å². The highest BCUT2D eigenvalue weighted by molar-refractivity contribution is 9.09. The summed E-state index contributed by atoms with van der Waals surface area (Å²) >= 11 is 3.38. The van der Waals surface area contributed by atoms with Crippen molar-refractivity contribution in [3.8, 4) is 11.5 Å². The second kappa shape index (κ2) is 6.64. The molecule has 2 unspecified atom stereocenters. The summed E-state index contributed by atoms with van der Waals surface area (Å²) in [5, 5.41) is 13.3. The van der Waals surface area contributed by atoms with Crippen molar-refractivity contribution in [2.24, 2.45) is 5.92 Å². The Hall–Kier alpha value is -1.23. The number of carbonyl (C=O) groups is 1. The van der Waals surface area contributed by atoms with Gasteiger partial charge in [0.25, 0.3) is 5.91 Å². The van der Waals surface area contributed by atoms with Crippen LogP contribution in [0.1, 0.15) is 24.2 Å². The molecule has 2 N–H and O–H groups in total. The van der Waals surface area contributed by atoms with Crippen molar-refractivity contribution in [2.45, 2.75) is 19.9 Å². The van der Waals surface area contributed by atoms with Crippen molar-refractivity contribution >= 4 is 21.8 Å². The van der Waals surface area contributed by atoms with Crippen LogP contribution in [0.2, 0.25) is 0 Å². The van der Waals surface area contributed by atoms with Crippen molar-refractivity contribution in [2.75, 3.05) is 12.4 Å². The minimum atomic E-state index is -0.201. The van der Waals surface area contributed by atoms with Crippen LogP contribution in [-0.2, 0) is 0 Å². The molecule has 0 aromatic heterocycles. The summed E-state index contributed by atoms with van der Waals surface area (Å²) in [6, 6.07) is 4.66. The normalized spacial score (nSPS) is 13.8. The van der Waals surface area contributed by atoms with Crippen molar-refractivity contribution < 1.29 is 14.6 Å². The Balaban J connectivity index is 2.76. The van der Waals surface area contributed by atoms with E-state index in [1.807, 2.05) is 13.8 Å². The molecule has 4 nitrogen and oxygen atoms in total. The molecule has 0 fully saturated rings. The van der Waals surface area contributed by atoms with E-state index in [4.69, 9.17) is 4.74 Å². The molecule has 1 aromatic carbocycles. The molecule has 0 spiro atoms. The molecule has 0 aliphatic carbocycles. The topological polar surface area (TPSA) is 58.6 Å². The predicted molar refractivity (Wildman–Crippen MR) is 74.5 cm³/mol. The van der Waals surface area contributed by atoms with E-state index < -0.39 is 0 Å². The van der Waals surface area contributed by atoms with E-state index in [0.29, 0.717) is 17.2 Å². The Bertz CT molecular complexity index is 423. The number of hydrogen-bond donors (Lipinski definition) is 2. The van der Waals surface area contributed by atoms with Crippen LogP contribution in [0.25, 0.3) is 0 Å². The van der Waals surface area contributed by atoms with Gasteiger partial charge in [-0.3, -0.25) is 4.79 Å². The van der Waals surface area contributed by atoms with Crippen LogP contribution in [0.15, 0.2) is 18.2 Å². The summed E-state index contributed by atoms with van der Waals surface area (Å²) in [5.74, 6) is 0.453. The van der Waals surface area contributed by atoms with Crippen LogP contribution in [0.3, 0.4) is 0 Å². The number of nitrogens with one attached hydrogen (secondary N) is 1. The largest absolute Gasteiger partial charge is 0.504 e. The lowest BCUT2D eigenvalue weighted by Crippen LogP contribution is -2.37. The summed E-state index contributed by atoms with van der Waals surface area (Å²) in [5.41, 5.74) is 0.418. The third kappa shape index (κ3) is 3.63. The number of rotatable bonds is 5. The summed E-state index contributed by atoms with van der Waals surface area (Å²) in [4.78, 5) is 11.9. The molecule has 100 valence electrons. The number of carbonyl (C=O) groups excluding carboxylic acids is 1. The van der Waals surface area contributed by atoms with Crippen LogP contribution in [0.5, 0.6) is 11.5 Å². The number of halogens is 1. The molecule has 1 aromatic rings. The lowest BCUT2D eigenvalue weighted by molar-refractivity contribution is 0.0930. The first-order valence-electron chi connectivity index (χ1n) is 5.73. The number of aromatic hydroxyl groups is 1. The zero-order valence-electron chi connectivity index (χ0n) is 10.7. The maximum atomic E-state index is 11.9.